The minimum atomic E-state index is -0.582. The molecule has 0 radical (unpaired) electrons. The second-order valence-electron chi connectivity index (χ2n) is 6.51. The highest BCUT2D eigenvalue weighted by Crippen LogP contribution is 2.32. The molecule has 2 rings (SSSR count). The molecule has 0 spiro atoms. The molecular formula is C16H23ClN2O4. The summed E-state index contributed by atoms with van der Waals surface area (Å²) >= 11 is 5.93. The van der Waals surface area contributed by atoms with E-state index in [0.29, 0.717) is 30.3 Å². The van der Waals surface area contributed by atoms with Crippen molar-refractivity contribution in [3.05, 3.63) is 28.5 Å². The lowest BCUT2D eigenvalue weighted by Crippen LogP contribution is -2.43. The molecule has 1 aromatic heterocycles. The molecule has 1 aliphatic heterocycles. The van der Waals surface area contributed by atoms with Crippen molar-refractivity contribution in [1.82, 2.24) is 10.3 Å². The Morgan fingerprint density at radius 1 is 1.52 bits per heavy atom. The standard InChI is InChI=1S/C16H23ClN2O4/c1-16(2,3)23-15(21)19-14-10-6-7-13(17)18-11(10)9-22-12(14)5-4-8-20/h6-7,12,14,20H,4-5,8-9H2,1-3H3,(H,19,21)/t12-,14-/m0/s1. The van der Waals surface area contributed by atoms with Gasteiger partial charge in [0.25, 0.3) is 0 Å². The molecule has 1 amide bonds. The maximum atomic E-state index is 12.1. The molecule has 1 aliphatic rings. The number of rotatable bonds is 4. The number of carbonyl (C=O) groups is 1. The second-order valence-corrected chi connectivity index (χ2v) is 6.90. The maximum Gasteiger partial charge on any atom is 0.408 e. The number of nitrogens with zero attached hydrogens (tertiary/aromatic N) is 1. The first kappa shape index (κ1) is 18.0. The van der Waals surface area contributed by atoms with Gasteiger partial charge in [0.1, 0.15) is 10.8 Å². The molecule has 0 unspecified atom stereocenters. The summed E-state index contributed by atoms with van der Waals surface area (Å²) in [6.45, 7) is 5.83. The number of halogens is 1. The highest BCUT2D eigenvalue weighted by Gasteiger charge is 2.33. The van der Waals surface area contributed by atoms with Gasteiger partial charge in [-0.1, -0.05) is 17.7 Å². The first-order valence-corrected chi connectivity index (χ1v) is 8.05. The number of ether oxygens (including phenoxy) is 2. The SMILES string of the molecule is CC(C)(C)OC(=O)N[C@H]1c2ccc(Cl)nc2CO[C@H]1CCCO. The van der Waals surface area contributed by atoms with Crippen molar-refractivity contribution < 1.29 is 19.4 Å². The first-order chi connectivity index (χ1) is 10.8. The molecule has 0 bridgehead atoms. The predicted octanol–water partition coefficient (Wildman–Crippen LogP) is 2.97. The van der Waals surface area contributed by atoms with Gasteiger partial charge in [0, 0.05) is 12.2 Å². The van der Waals surface area contributed by atoms with Crippen LogP contribution in [0.3, 0.4) is 0 Å². The summed E-state index contributed by atoms with van der Waals surface area (Å²) in [5.41, 5.74) is 0.995. The van der Waals surface area contributed by atoms with Crippen LogP contribution in [0.25, 0.3) is 0 Å². The Balaban J connectivity index is 2.20. The van der Waals surface area contributed by atoms with E-state index in [1.807, 2.05) is 26.8 Å². The summed E-state index contributed by atoms with van der Waals surface area (Å²) < 4.78 is 11.1. The number of hydrogen-bond donors (Lipinski definition) is 2. The maximum absolute atomic E-state index is 12.1. The van der Waals surface area contributed by atoms with Crippen molar-refractivity contribution in [3.8, 4) is 0 Å². The normalized spacial score (nSPS) is 20.7. The molecule has 2 atom stereocenters. The fourth-order valence-corrected chi connectivity index (χ4v) is 2.68. The van der Waals surface area contributed by atoms with Crippen molar-refractivity contribution >= 4 is 17.7 Å². The van der Waals surface area contributed by atoms with E-state index in [1.54, 1.807) is 6.07 Å². The monoisotopic (exact) mass is 342 g/mol. The Bertz CT molecular complexity index is 560. The Morgan fingerprint density at radius 3 is 2.91 bits per heavy atom. The zero-order valence-electron chi connectivity index (χ0n) is 13.6. The molecule has 6 nitrogen and oxygen atoms in total. The molecule has 0 aliphatic carbocycles. The lowest BCUT2D eigenvalue weighted by atomic mass is 9.94. The van der Waals surface area contributed by atoms with Crippen molar-refractivity contribution in [2.24, 2.45) is 0 Å². The third-order valence-corrected chi connectivity index (χ3v) is 3.65. The van der Waals surface area contributed by atoms with Gasteiger partial charge in [-0.05, 0) is 39.7 Å². The lowest BCUT2D eigenvalue weighted by Gasteiger charge is -2.34. The quantitative estimate of drug-likeness (QED) is 0.822. The van der Waals surface area contributed by atoms with E-state index in [4.69, 9.17) is 26.2 Å². The zero-order chi connectivity index (χ0) is 17.0. The Morgan fingerprint density at radius 2 is 2.26 bits per heavy atom. The number of alkyl carbamates (subject to hydrolysis) is 1. The molecule has 0 saturated carbocycles. The van der Waals surface area contributed by atoms with Gasteiger partial charge in [-0.25, -0.2) is 9.78 Å². The molecule has 128 valence electrons. The fraction of sp³-hybridized carbons (Fsp3) is 0.625. The smallest absolute Gasteiger partial charge is 0.408 e. The minimum Gasteiger partial charge on any atom is -0.444 e. The summed E-state index contributed by atoms with van der Waals surface area (Å²) in [5, 5.41) is 12.3. The van der Waals surface area contributed by atoms with Crippen molar-refractivity contribution in [3.63, 3.8) is 0 Å². The molecule has 2 heterocycles. The third kappa shape index (κ3) is 5.06. The number of aromatic nitrogens is 1. The number of pyridine rings is 1. The van der Waals surface area contributed by atoms with E-state index >= 15 is 0 Å². The van der Waals surface area contributed by atoms with E-state index in [9.17, 15) is 4.79 Å². The molecule has 0 aromatic carbocycles. The van der Waals surface area contributed by atoms with Gasteiger partial charge in [-0.2, -0.15) is 0 Å². The summed E-state index contributed by atoms with van der Waals surface area (Å²) in [6, 6.07) is 3.16. The number of hydrogen-bond acceptors (Lipinski definition) is 5. The number of fused-ring (bicyclic) bond motifs is 1. The van der Waals surface area contributed by atoms with Gasteiger partial charge in [-0.15, -0.1) is 0 Å². The Kier molecular flexibility index (Phi) is 5.84. The number of carbonyl (C=O) groups excluding carboxylic acids is 1. The number of aliphatic hydroxyl groups excluding tert-OH is 1. The average molecular weight is 343 g/mol. The van der Waals surface area contributed by atoms with Gasteiger partial charge >= 0.3 is 6.09 Å². The largest absolute Gasteiger partial charge is 0.444 e. The third-order valence-electron chi connectivity index (χ3n) is 3.44. The van der Waals surface area contributed by atoms with Crippen LogP contribution in [0.2, 0.25) is 5.15 Å². The predicted molar refractivity (Wildman–Crippen MR) is 86.3 cm³/mol. The van der Waals surface area contributed by atoms with Crippen LogP contribution >= 0.6 is 11.6 Å². The molecule has 0 fully saturated rings. The Hall–Kier alpha value is -1.37. The van der Waals surface area contributed by atoms with Crippen molar-refractivity contribution in [2.45, 2.75) is 58.0 Å². The van der Waals surface area contributed by atoms with E-state index < -0.39 is 11.7 Å². The molecule has 23 heavy (non-hydrogen) atoms. The second kappa shape index (κ2) is 7.47. The van der Waals surface area contributed by atoms with Crippen molar-refractivity contribution in [1.29, 1.82) is 0 Å². The summed E-state index contributed by atoms with van der Waals surface area (Å²) in [5.74, 6) is 0. The van der Waals surface area contributed by atoms with E-state index in [0.717, 1.165) is 5.56 Å². The van der Waals surface area contributed by atoms with Gasteiger partial charge in [0.05, 0.1) is 24.4 Å². The minimum absolute atomic E-state index is 0.0741. The first-order valence-electron chi connectivity index (χ1n) is 7.67. The van der Waals surface area contributed by atoms with Gasteiger partial charge in [0.2, 0.25) is 0 Å². The van der Waals surface area contributed by atoms with Crippen LogP contribution in [0.1, 0.15) is 50.9 Å². The van der Waals surface area contributed by atoms with Crippen LogP contribution in [0.5, 0.6) is 0 Å². The topological polar surface area (TPSA) is 80.7 Å². The van der Waals surface area contributed by atoms with Crippen LogP contribution < -0.4 is 5.32 Å². The summed E-state index contributed by atoms with van der Waals surface area (Å²) in [4.78, 5) is 16.4. The molecule has 0 saturated heterocycles. The highest BCUT2D eigenvalue weighted by atomic mass is 35.5. The van der Waals surface area contributed by atoms with Crippen LogP contribution in [-0.2, 0) is 16.1 Å². The van der Waals surface area contributed by atoms with Gasteiger partial charge < -0.3 is 19.9 Å². The van der Waals surface area contributed by atoms with Crippen LogP contribution in [-0.4, -0.2) is 34.5 Å². The van der Waals surface area contributed by atoms with Crippen LogP contribution in [0.15, 0.2) is 12.1 Å². The van der Waals surface area contributed by atoms with E-state index in [2.05, 4.69) is 10.3 Å². The molecule has 7 heteroatoms. The fourth-order valence-electron chi connectivity index (χ4n) is 2.51. The highest BCUT2D eigenvalue weighted by molar-refractivity contribution is 6.29. The number of aliphatic hydroxyl groups is 1. The van der Waals surface area contributed by atoms with E-state index in [1.165, 1.54) is 0 Å². The van der Waals surface area contributed by atoms with Gasteiger partial charge in [-0.3, -0.25) is 0 Å². The summed E-state index contributed by atoms with van der Waals surface area (Å²) in [6.07, 6.45) is 0.458. The zero-order valence-corrected chi connectivity index (χ0v) is 14.4. The average Bonchev–Trinajstić information content (AvgIpc) is 2.44. The lowest BCUT2D eigenvalue weighted by molar-refractivity contribution is -0.0161. The molecule has 2 N–H and O–H groups in total. The van der Waals surface area contributed by atoms with Crippen LogP contribution in [0.4, 0.5) is 4.79 Å². The number of nitrogens with one attached hydrogen (secondary N) is 1. The van der Waals surface area contributed by atoms with Gasteiger partial charge in [0.15, 0.2) is 0 Å². The molecule has 1 aromatic rings. The summed E-state index contributed by atoms with van der Waals surface area (Å²) in [7, 11) is 0. The van der Waals surface area contributed by atoms with E-state index in [-0.39, 0.29) is 18.8 Å². The van der Waals surface area contributed by atoms with Crippen LogP contribution in [0, 0.1) is 0 Å². The number of amides is 1. The molecular weight excluding hydrogens is 320 g/mol. The van der Waals surface area contributed by atoms with Crippen molar-refractivity contribution in [2.75, 3.05) is 6.61 Å². The Labute approximate surface area is 141 Å².